The fraction of sp³-hybridized carbons (Fsp3) is 0.294. The van der Waals surface area contributed by atoms with Gasteiger partial charge in [-0.3, -0.25) is 29.0 Å². The molecule has 3 aromatic rings. The minimum Gasteiger partial charge on any atom is -0.491 e. The number of allylic oxidation sites excluding steroid dienone is 2. The lowest BCUT2D eigenvalue weighted by molar-refractivity contribution is -0.126. The number of amides is 4. The first-order valence-electron chi connectivity index (χ1n) is 14.6. The number of benzene rings is 3. The van der Waals surface area contributed by atoms with Gasteiger partial charge in [0.1, 0.15) is 12.4 Å². The molecule has 10 heteroatoms. The van der Waals surface area contributed by atoms with E-state index in [0.717, 1.165) is 20.1 Å². The Bertz CT molecular complexity index is 1710. The second-order valence-electron chi connectivity index (χ2n) is 11.6. The number of rotatable bonds is 6. The number of carbonyl (C=O) groups is 4. The molecular weight excluding hydrogens is 692 g/mol. The van der Waals surface area contributed by atoms with E-state index < -0.39 is 35.5 Å². The van der Waals surface area contributed by atoms with Crippen molar-refractivity contribution in [2.75, 3.05) is 23.0 Å². The van der Waals surface area contributed by atoms with Crippen LogP contribution in [-0.2, 0) is 19.2 Å². The molecule has 6 atom stereocenters. The van der Waals surface area contributed by atoms with Crippen molar-refractivity contribution in [3.8, 4) is 5.75 Å². The molecule has 224 valence electrons. The summed E-state index contributed by atoms with van der Waals surface area (Å²) in [5, 5.41) is 9.49. The minimum atomic E-state index is -0.709. The Morgan fingerprint density at radius 2 is 1.27 bits per heavy atom. The molecule has 4 amide bonds. The Morgan fingerprint density at radius 1 is 0.705 bits per heavy atom. The van der Waals surface area contributed by atoms with E-state index in [2.05, 4.69) is 31.9 Å². The second-order valence-corrected chi connectivity index (χ2v) is 13.4. The molecule has 8 nitrogen and oxygen atoms in total. The summed E-state index contributed by atoms with van der Waals surface area (Å²) in [5.41, 5.74) is 2.63. The van der Waals surface area contributed by atoms with E-state index >= 15 is 0 Å². The summed E-state index contributed by atoms with van der Waals surface area (Å²) >= 11 is 6.84. The number of anilines is 2. The molecule has 2 aliphatic heterocycles. The molecule has 2 heterocycles. The highest BCUT2D eigenvalue weighted by molar-refractivity contribution is 9.10. The number of aliphatic hydroxyl groups excluding tert-OH is 1. The maximum Gasteiger partial charge on any atom is 0.238 e. The smallest absolute Gasteiger partial charge is 0.238 e. The third-order valence-corrected chi connectivity index (χ3v) is 10.5. The van der Waals surface area contributed by atoms with Gasteiger partial charge in [0, 0.05) is 20.4 Å². The van der Waals surface area contributed by atoms with E-state index in [1.807, 2.05) is 24.3 Å². The van der Waals surface area contributed by atoms with Crippen LogP contribution in [0.2, 0.25) is 0 Å². The van der Waals surface area contributed by atoms with Crippen LogP contribution >= 0.6 is 31.9 Å². The van der Waals surface area contributed by atoms with Crippen molar-refractivity contribution in [2.24, 2.45) is 29.6 Å². The first kappa shape index (κ1) is 29.1. The van der Waals surface area contributed by atoms with E-state index in [1.54, 1.807) is 54.6 Å². The number of fused-ring (bicyclic) bond motifs is 4. The van der Waals surface area contributed by atoms with Crippen LogP contribution in [0.5, 0.6) is 5.75 Å². The summed E-state index contributed by atoms with van der Waals surface area (Å²) in [7, 11) is 0. The largest absolute Gasteiger partial charge is 0.491 e. The zero-order chi connectivity index (χ0) is 30.7. The highest BCUT2D eigenvalue weighted by Gasteiger charge is 2.62. The summed E-state index contributed by atoms with van der Waals surface area (Å²) in [6.07, 6.45) is 2.67. The van der Waals surface area contributed by atoms with Gasteiger partial charge in [0.05, 0.1) is 41.7 Å². The molecule has 1 N–H and O–H groups in total. The van der Waals surface area contributed by atoms with Crippen LogP contribution in [0.3, 0.4) is 0 Å². The molecule has 44 heavy (non-hydrogen) atoms. The van der Waals surface area contributed by atoms with E-state index in [4.69, 9.17) is 4.74 Å². The molecule has 2 aliphatic carbocycles. The molecular formula is C34H28Br2N2O6. The van der Waals surface area contributed by atoms with Crippen LogP contribution < -0.4 is 14.5 Å². The number of nitrogens with zero attached hydrogens (tertiary/aromatic N) is 2. The fourth-order valence-electron chi connectivity index (χ4n) is 7.65. The standard InChI is InChI=1S/C34H28Br2N2O6/c35-18-5-9-20(10-6-18)37-31(40)24-14-13-22-25(29(24)33(37)42)17-26-30(28(22)23-3-1-2-4-27(23)44-16-15-39)34(43)38(32(26)41)21-11-7-19(36)8-12-21/h1-13,24-26,28-30,39H,14-17H2. The van der Waals surface area contributed by atoms with Gasteiger partial charge in [-0.15, -0.1) is 0 Å². The number of aliphatic hydroxyl groups is 1. The van der Waals surface area contributed by atoms with Crippen molar-refractivity contribution in [1.29, 1.82) is 0 Å². The van der Waals surface area contributed by atoms with Gasteiger partial charge in [0.2, 0.25) is 23.6 Å². The monoisotopic (exact) mass is 718 g/mol. The molecule has 3 fully saturated rings. The van der Waals surface area contributed by atoms with Gasteiger partial charge in [-0.1, -0.05) is 61.7 Å². The fourth-order valence-corrected chi connectivity index (χ4v) is 8.18. The lowest BCUT2D eigenvalue weighted by atomic mass is 9.57. The van der Waals surface area contributed by atoms with Crippen LogP contribution in [-0.4, -0.2) is 41.9 Å². The van der Waals surface area contributed by atoms with Crippen LogP contribution in [0, 0.1) is 29.6 Å². The Morgan fingerprint density at radius 3 is 1.89 bits per heavy atom. The second kappa shape index (κ2) is 11.4. The maximum absolute atomic E-state index is 14.3. The number of ether oxygens (including phenoxy) is 1. The van der Waals surface area contributed by atoms with Crippen molar-refractivity contribution in [1.82, 2.24) is 0 Å². The molecule has 0 aromatic heterocycles. The Balaban J connectivity index is 1.34. The molecule has 0 bridgehead atoms. The first-order valence-corrected chi connectivity index (χ1v) is 16.2. The first-order chi connectivity index (χ1) is 21.3. The number of hydrogen-bond donors (Lipinski definition) is 1. The van der Waals surface area contributed by atoms with E-state index in [0.29, 0.717) is 30.0 Å². The SMILES string of the molecule is O=C1C2CC=C3C(CC4C(=O)N(c5ccc(Br)cc5)C(=O)C4C3c3ccccc3OCCO)C2C(=O)N1c1ccc(Br)cc1. The van der Waals surface area contributed by atoms with E-state index in [1.165, 1.54) is 9.80 Å². The number of carbonyl (C=O) groups excluding carboxylic acids is 4. The van der Waals surface area contributed by atoms with Gasteiger partial charge >= 0.3 is 0 Å². The average molecular weight is 720 g/mol. The minimum absolute atomic E-state index is 0.0675. The Hall–Kier alpha value is -3.60. The number of hydrogen-bond acceptors (Lipinski definition) is 6. The average Bonchev–Trinajstić information content (AvgIpc) is 3.44. The van der Waals surface area contributed by atoms with Gasteiger partial charge < -0.3 is 9.84 Å². The summed E-state index contributed by atoms with van der Waals surface area (Å²) in [4.78, 5) is 58.9. The number of para-hydroxylation sites is 1. The molecule has 6 unspecified atom stereocenters. The summed E-state index contributed by atoms with van der Waals surface area (Å²) in [5.74, 6) is -4.15. The van der Waals surface area contributed by atoms with Gasteiger partial charge in [-0.2, -0.15) is 0 Å². The quantitative estimate of drug-likeness (QED) is 0.262. The van der Waals surface area contributed by atoms with Gasteiger partial charge in [0.15, 0.2) is 0 Å². The lowest BCUT2D eigenvalue weighted by Crippen LogP contribution is -2.43. The van der Waals surface area contributed by atoms with Crippen molar-refractivity contribution in [3.63, 3.8) is 0 Å². The van der Waals surface area contributed by atoms with Crippen molar-refractivity contribution >= 4 is 66.9 Å². The van der Waals surface area contributed by atoms with Gasteiger partial charge in [0.25, 0.3) is 0 Å². The molecule has 3 aromatic carbocycles. The van der Waals surface area contributed by atoms with Crippen LogP contribution in [0.15, 0.2) is 93.4 Å². The van der Waals surface area contributed by atoms with Crippen molar-refractivity contribution in [2.45, 2.75) is 18.8 Å². The zero-order valence-electron chi connectivity index (χ0n) is 23.4. The van der Waals surface area contributed by atoms with Crippen LogP contribution in [0.25, 0.3) is 0 Å². The lowest BCUT2D eigenvalue weighted by Gasteiger charge is -2.44. The number of imide groups is 2. The molecule has 1 saturated carbocycles. The van der Waals surface area contributed by atoms with E-state index in [9.17, 15) is 24.3 Å². The highest BCUT2D eigenvalue weighted by Crippen LogP contribution is 2.59. The van der Waals surface area contributed by atoms with Crippen molar-refractivity contribution < 1.29 is 29.0 Å². The molecule has 2 saturated heterocycles. The molecule has 4 aliphatic rings. The summed E-state index contributed by atoms with van der Waals surface area (Å²) < 4.78 is 7.60. The Labute approximate surface area is 270 Å². The summed E-state index contributed by atoms with van der Waals surface area (Å²) in [6.45, 7) is -0.116. The normalized spacial score (nSPS) is 27.7. The van der Waals surface area contributed by atoms with Crippen LogP contribution in [0.1, 0.15) is 24.3 Å². The predicted molar refractivity (Wildman–Crippen MR) is 170 cm³/mol. The maximum atomic E-state index is 14.3. The molecule has 0 radical (unpaired) electrons. The highest BCUT2D eigenvalue weighted by atomic mass is 79.9. The topological polar surface area (TPSA) is 104 Å². The van der Waals surface area contributed by atoms with Crippen LogP contribution in [0.4, 0.5) is 11.4 Å². The third-order valence-electron chi connectivity index (χ3n) is 9.42. The third kappa shape index (κ3) is 4.57. The zero-order valence-corrected chi connectivity index (χ0v) is 26.6. The molecule has 0 spiro atoms. The van der Waals surface area contributed by atoms with E-state index in [-0.39, 0.29) is 36.8 Å². The predicted octanol–water partition coefficient (Wildman–Crippen LogP) is 5.63. The van der Waals surface area contributed by atoms with Gasteiger partial charge in [-0.25, -0.2) is 0 Å². The van der Waals surface area contributed by atoms with Gasteiger partial charge in [-0.05, 0) is 73.4 Å². The summed E-state index contributed by atoms with van der Waals surface area (Å²) in [6, 6.07) is 21.5. The Kier molecular flexibility index (Phi) is 7.54. The van der Waals surface area contributed by atoms with Crippen molar-refractivity contribution in [3.05, 3.63) is 99.0 Å². The number of halogens is 2. The molecule has 7 rings (SSSR count).